The summed E-state index contributed by atoms with van der Waals surface area (Å²) in [5, 5.41) is 3.20. The van der Waals surface area contributed by atoms with Crippen LogP contribution in [0.25, 0.3) is 0 Å². The molecule has 4 nitrogen and oxygen atoms in total. The first-order valence-corrected chi connectivity index (χ1v) is 7.06. The quantitative estimate of drug-likeness (QED) is 0.886. The number of hydrogen-bond acceptors (Lipinski definition) is 3. The number of carbonyl (C=O) groups excluding carboxylic acids is 1. The number of nitrogens with one attached hydrogen (secondary N) is 1. The van der Waals surface area contributed by atoms with Gasteiger partial charge >= 0.3 is 0 Å². The molecule has 1 unspecified atom stereocenters. The summed E-state index contributed by atoms with van der Waals surface area (Å²) >= 11 is 0. The molecule has 1 aliphatic rings. The Balaban J connectivity index is 2.01. The van der Waals surface area contributed by atoms with Crippen molar-refractivity contribution < 1.29 is 4.79 Å². The first-order valence-electron chi connectivity index (χ1n) is 7.06. The summed E-state index contributed by atoms with van der Waals surface area (Å²) in [6.45, 7) is 8.87. The Morgan fingerprint density at radius 2 is 2.32 bits per heavy atom. The minimum atomic E-state index is 0.278. The van der Waals surface area contributed by atoms with Crippen LogP contribution in [0.2, 0.25) is 0 Å². The van der Waals surface area contributed by atoms with Crippen molar-refractivity contribution in [3.8, 4) is 0 Å². The van der Waals surface area contributed by atoms with Crippen LogP contribution in [0.1, 0.15) is 32.8 Å². The van der Waals surface area contributed by atoms with Gasteiger partial charge in [-0.25, -0.2) is 4.98 Å². The molecule has 1 amide bonds. The van der Waals surface area contributed by atoms with E-state index in [1.807, 2.05) is 24.0 Å². The van der Waals surface area contributed by atoms with E-state index in [1.54, 1.807) is 6.20 Å². The van der Waals surface area contributed by atoms with E-state index in [2.05, 4.69) is 24.1 Å². The first kappa shape index (κ1) is 13.8. The number of nitrogens with zero attached hydrogens (tertiary/aromatic N) is 2. The van der Waals surface area contributed by atoms with Crippen molar-refractivity contribution >= 4 is 11.7 Å². The number of likely N-dealkylation sites (tertiary alicyclic amines) is 1. The summed E-state index contributed by atoms with van der Waals surface area (Å²) in [5.74, 6) is 2.24. The lowest BCUT2D eigenvalue weighted by molar-refractivity contribution is -0.128. The molecule has 0 bridgehead atoms. The Hall–Kier alpha value is -1.58. The Bertz CT molecular complexity index is 445. The summed E-state index contributed by atoms with van der Waals surface area (Å²) in [6, 6.07) is 4.01. The van der Waals surface area contributed by atoms with Crippen LogP contribution in [-0.4, -0.2) is 28.9 Å². The van der Waals surface area contributed by atoms with E-state index < -0.39 is 0 Å². The lowest BCUT2D eigenvalue weighted by Gasteiger charge is -2.18. The van der Waals surface area contributed by atoms with Gasteiger partial charge < -0.3 is 10.2 Å². The van der Waals surface area contributed by atoms with Crippen LogP contribution in [0, 0.1) is 11.8 Å². The zero-order valence-corrected chi connectivity index (χ0v) is 12.0. The Morgan fingerprint density at radius 3 is 2.95 bits per heavy atom. The second-order valence-corrected chi connectivity index (χ2v) is 5.56. The largest absolute Gasteiger partial charge is 0.370 e. The lowest BCUT2D eigenvalue weighted by Crippen LogP contribution is -2.25. The van der Waals surface area contributed by atoms with Gasteiger partial charge in [0.25, 0.3) is 0 Å². The topological polar surface area (TPSA) is 45.2 Å². The molecular formula is C15H23N3O. The van der Waals surface area contributed by atoms with Gasteiger partial charge in [0, 0.05) is 32.3 Å². The van der Waals surface area contributed by atoms with Gasteiger partial charge in [-0.2, -0.15) is 0 Å². The smallest absolute Gasteiger partial charge is 0.223 e. The summed E-state index contributed by atoms with van der Waals surface area (Å²) < 4.78 is 0. The third kappa shape index (κ3) is 3.46. The van der Waals surface area contributed by atoms with Crippen molar-refractivity contribution in [1.29, 1.82) is 0 Å². The van der Waals surface area contributed by atoms with Crippen LogP contribution in [0.4, 0.5) is 5.82 Å². The number of amides is 1. The fourth-order valence-electron chi connectivity index (χ4n) is 2.47. The highest BCUT2D eigenvalue weighted by Gasteiger charge is 2.31. The van der Waals surface area contributed by atoms with Crippen LogP contribution in [0.3, 0.4) is 0 Å². The highest BCUT2D eigenvalue weighted by atomic mass is 16.2. The number of aromatic nitrogens is 1. The maximum absolute atomic E-state index is 12.0. The van der Waals surface area contributed by atoms with Gasteiger partial charge in [0.1, 0.15) is 5.82 Å². The molecule has 104 valence electrons. The first-order chi connectivity index (χ1) is 9.10. The van der Waals surface area contributed by atoms with E-state index in [9.17, 15) is 4.79 Å². The fourth-order valence-corrected chi connectivity index (χ4v) is 2.47. The zero-order valence-electron chi connectivity index (χ0n) is 12.0. The Labute approximate surface area is 115 Å². The third-order valence-electron chi connectivity index (χ3n) is 3.74. The summed E-state index contributed by atoms with van der Waals surface area (Å²) in [6.07, 6.45) is 2.50. The summed E-state index contributed by atoms with van der Waals surface area (Å²) in [4.78, 5) is 18.2. The van der Waals surface area contributed by atoms with Crippen LogP contribution in [-0.2, 0) is 11.3 Å². The second kappa shape index (κ2) is 6.04. The predicted molar refractivity (Wildman–Crippen MR) is 76.8 cm³/mol. The SMILES string of the molecule is CCNc1cc(CN2CC(C(C)C)CC2=O)ccn1. The minimum Gasteiger partial charge on any atom is -0.370 e. The average molecular weight is 261 g/mol. The van der Waals surface area contributed by atoms with Gasteiger partial charge in [0.05, 0.1) is 0 Å². The van der Waals surface area contributed by atoms with E-state index in [1.165, 1.54) is 0 Å². The van der Waals surface area contributed by atoms with Crippen molar-refractivity contribution in [3.63, 3.8) is 0 Å². The van der Waals surface area contributed by atoms with Crippen LogP contribution < -0.4 is 5.32 Å². The van der Waals surface area contributed by atoms with Gasteiger partial charge in [-0.15, -0.1) is 0 Å². The molecule has 1 aromatic heterocycles. The molecule has 1 N–H and O–H groups in total. The maximum atomic E-state index is 12.0. The molecule has 4 heteroatoms. The van der Waals surface area contributed by atoms with E-state index >= 15 is 0 Å². The van der Waals surface area contributed by atoms with Crippen molar-refractivity contribution in [2.24, 2.45) is 11.8 Å². The molecule has 1 fully saturated rings. The van der Waals surface area contributed by atoms with E-state index in [-0.39, 0.29) is 5.91 Å². The number of anilines is 1. The Morgan fingerprint density at radius 1 is 1.53 bits per heavy atom. The molecule has 0 saturated carbocycles. The zero-order chi connectivity index (χ0) is 13.8. The number of hydrogen-bond donors (Lipinski definition) is 1. The molecule has 0 radical (unpaired) electrons. The third-order valence-corrected chi connectivity index (χ3v) is 3.74. The fraction of sp³-hybridized carbons (Fsp3) is 0.600. The minimum absolute atomic E-state index is 0.278. The molecule has 1 atom stereocenters. The van der Waals surface area contributed by atoms with Crippen molar-refractivity contribution in [3.05, 3.63) is 23.9 Å². The molecule has 19 heavy (non-hydrogen) atoms. The lowest BCUT2D eigenvalue weighted by atomic mass is 9.95. The molecule has 0 aliphatic carbocycles. The number of carbonyl (C=O) groups is 1. The molecule has 1 aliphatic heterocycles. The molecule has 2 heterocycles. The van der Waals surface area contributed by atoms with Crippen LogP contribution >= 0.6 is 0 Å². The molecule has 0 aromatic carbocycles. The maximum Gasteiger partial charge on any atom is 0.223 e. The Kier molecular flexibility index (Phi) is 4.40. The standard InChI is InChI=1S/C15H23N3O/c1-4-16-14-7-12(5-6-17-14)9-18-10-13(11(2)3)8-15(18)19/h5-7,11,13H,4,8-10H2,1-3H3,(H,16,17). The van der Waals surface area contributed by atoms with Gasteiger partial charge in [0.15, 0.2) is 0 Å². The normalized spacial score (nSPS) is 19.3. The molecule has 2 rings (SSSR count). The van der Waals surface area contributed by atoms with Crippen molar-refractivity contribution in [1.82, 2.24) is 9.88 Å². The predicted octanol–water partition coefficient (Wildman–Crippen LogP) is 2.52. The monoisotopic (exact) mass is 261 g/mol. The van der Waals surface area contributed by atoms with Gasteiger partial charge in [-0.05, 0) is 36.5 Å². The van der Waals surface area contributed by atoms with E-state index in [0.717, 1.165) is 24.5 Å². The molecule has 1 saturated heterocycles. The second-order valence-electron chi connectivity index (χ2n) is 5.56. The summed E-state index contributed by atoms with van der Waals surface area (Å²) in [7, 11) is 0. The van der Waals surface area contributed by atoms with Crippen molar-refractivity contribution in [2.75, 3.05) is 18.4 Å². The highest BCUT2D eigenvalue weighted by molar-refractivity contribution is 5.78. The summed E-state index contributed by atoms with van der Waals surface area (Å²) in [5.41, 5.74) is 1.14. The average Bonchev–Trinajstić information content (AvgIpc) is 2.72. The van der Waals surface area contributed by atoms with Crippen LogP contribution in [0.5, 0.6) is 0 Å². The number of rotatable bonds is 5. The van der Waals surface area contributed by atoms with Crippen molar-refractivity contribution in [2.45, 2.75) is 33.7 Å². The highest BCUT2D eigenvalue weighted by Crippen LogP contribution is 2.26. The molecule has 1 aromatic rings. The van der Waals surface area contributed by atoms with Gasteiger partial charge in [-0.1, -0.05) is 13.8 Å². The van der Waals surface area contributed by atoms with Gasteiger partial charge in [-0.3, -0.25) is 4.79 Å². The van der Waals surface area contributed by atoms with Gasteiger partial charge in [0.2, 0.25) is 5.91 Å². The molecular weight excluding hydrogens is 238 g/mol. The van der Waals surface area contributed by atoms with Crippen LogP contribution in [0.15, 0.2) is 18.3 Å². The van der Waals surface area contributed by atoms with E-state index in [0.29, 0.717) is 24.8 Å². The number of pyridine rings is 1. The van der Waals surface area contributed by atoms with E-state index in [4.69, 9.17) is 0 Å². The molecule has 0 spiro atoms.